The van der Waals surface area contributed by atoms with Gasteiger partial charge >= 0.3 is 0 Å². The Morgan fingerprint density at radius 3 is 2.58 bits per heavy atom. The molecule has 0 amide bonds. The molecule has 19 heavy (non-hydrogen) atoms. The molecule has 4 nitrogen and oxygen atoms in total. The fourth-order valence-corrected chi connectivity index (χ4v) is 1.74. The molecule has 0 aliphatic carbocycles. The van der Waals surface area contributed by atoms with Gasteiger partial charge in [-0.05, 0) is 37.5 Å². The minimum absolute atomic E-state index is 0.0527. The van der Waals surface area contributed by atoms with Gasteiger partial charge in [-0.2, -0.15) is 0 Å². The summed E-state index contributed by atoms with van der Waals surface area (Å²) in [5.74, 6) is 0.893. The molecule has 108 valence electrons. The van der Waals surface area contributed by atoms with Crippen molar-refractivity contribution in [3.05, 3.63) is 29.3 Å². The van der Waals surface area contributed by atoms with E-state index in [0.29, 0.717) is 19.8 Å². The number of methoxy groups -OCH3 is 1. The zero-order valence-corrected chi connectivity index (χ0v) is 12.1. The molecular formula is C15H25NO3. The molecule has 1 rings (SSSR count). The number of nitrogens with two attached hydrogens (primary N) is 1. The number of ether oxygens (including phenoxy) is 3. The van der Waals surface area contributed by atoms with Crippen molar-refractivity contribution in [1.82, 2.24) is 0 Å². The van der Waals surface area contributed by atoms with Crippen LogP contribution in [-0.4, -0.2) is 33.5 Å². The molecule has 0 saturated heterocycles. The fourth-order valence-electron chi connectivity index (χ4n) is 1.74. The highest BCUT2D eigenvalue weighted by atomic mass is 16.5. The van der Waals surface area contributed by atoms with Crippen LogP contribution < -0.4 is 10.5 Å². The lowest BCUT2D eigenvalue weighted by atomic mass is 10.1. The molecule has 0 bridgehead atoms. The van der Waals surface area contributed by atoms with Gasteiger partial charge in [-0.1, -0.05) is 12.1 Å². The van der Waals surface area contributed by atoms with E-state index in [-0.39, 0.29) is 6.04 Å². The van der Waals surface area contributed by atoms with Crippen LogP contribution in [0, 0.1) is 6.92 Å². The molecule has 1 unspecified atom stereocenters. The molecule has 2 N–H and O–H groups in total. The normalized spacial score (nSPS) is 12.4. The molecule has 0 aromatic heterocycles. The molecule has 0 aliphatic heterocycles. The first-order valence-electron chi connectivity index (χ1n) is 6.70. The summed E-state index contributed by atoms with van der Waals surface area (Å²) in [6.45, 7) is 6.60. The Labute approximate surface area is 115 Å². The maximum absolute atomic E-state index is 5.84. The van der Waals surface area contributed by atoms with E-state index in [9.17, 15) is 0 Å². The first-order chi connectivity index (χ1) is 9.15. The third-order valence-corrected chi connectivity index (χ3v) is 2.85. The van der Waals surface area contributed by atoms with Gasteiger partial charge in [0.2, 0.25) is 0 Å². The topological polar surface area (TPSA) is 53.7 Å². The Morgan fingerprint density at radius 1 is 1.16 bits per heavy atom. The van der Waals surface area contributed by atoms with Gasteiger partial charge in [-0.3, -0.25) is 0 Å². The molecular weight excluding hydrogens is 242 g/mol. The highest BCUT2D eigenvalue weighted by molar-refractivity contribution is 5.37. The molecule has 4 heteroatoms. The summed E-state index contributed by atoms with van der Waals surface area (Å²) in [6.07, 6.45) is 0.915. The van der Waals surface area contributed by atoms with Crippen molar-refractivity contribution >= 4 is 0 Å². The number of hydrogen-bond donors (Lipinski definition) is 1. The molecule has 1 aromatic carbocycles. The first kappa shape index (κ1) is 16.0. The van der Waals surface area contributed by atoms with Gasteiger partial charge in [-0.25, -0.2) is 0 Å². The lowest BCUT2D eigenvalue weighted by Gasteiger charge is -2.12. The molecule has 0 aliphatic rings. The summed E-state index contributed by atoms with van der Waals surface area (Å²) >= 11 is 0. The fraction of sp³-hybridized carbons (Fsp3) is 0.600. The smallest absolute Gasteiger partial charge is 0.122 e. The first-order valence-corrected chi connectivity index (χ1v) is 6.70. The van der Waals surface area contributed by atoms with Gasteiger partial charge in [-0.15, -0.1) is 0 Å². The van der Waals surface area contributed by atoms with Crippen molar-refractivity contribution < 1.29 is 14.2 Å². The third-order valence-electron chi connectivity index (χ3n) is 2.85. The minimum Gasteiger partial charge on any atom is -0.491 e. The molecule has 1 atom stereocenters. The minimum atomic E-state index is 0.0527. The monoisotopic (exact) mass is 267 g/mol. The maximum atomic E-state index is 5.84. The van der Waals surface area contributed by atoms with E-state index >= 15 is 0 Å². The van der Waals surface area contributed by atoms with Crippen LogP contribution in [0.4, 0.5) is 0 Å². The largest absolute Gasteiger partial charge is 0.491 e. The van der Waals surface area contributed by atoms with Crippen LogP contribution in [0.3, 0.4) is 0 Å². The van der Waals surface area contributed by atoms with Gasteiger partial charge in [0.1, 0.15) is 12.4 Å². The van der Waals surface area contributed by atoms with Crippen LogP contribution in [-0.2, 0) is 9.47 Å². The second-order valence-electron chi connectivity index (χ2n) is 4.62. The van der Waals surface area contributed by atoms with Gasteiger partial charge < -0.3 is 19.9 Å². The molecule has 0 fully saturated rings. The van der Waals surface area contributed by atoms with E-state index in [2.05, 4.69) is 6.07 Å². The zero-order valence-electron chi connectivity index (χ0n) is 12.1. The second-order valence-corrected chi connectivity index (χ2v) is 4.62. The Balaban J connectivity index is 2.26. The van der Waals surface area contributed by atoms with Gasteiger partial charge in [0, 0.05) is 26.4 Å². The second kappa shape index (κ2) is 8.91. The summed E-state index contributed by atoms with van der Waals surface area (Å²) in [6, 6.07) is 6.10. The predicted octanol–water partition coefficient (Wildman–Crippen LogP) is 2.45. The highest BCUT2D eigenvalue weighted by Crippen LogP contribution is 2.21. The van der Waals surface area contributed by atoms with Crippen LogP contribution in [0.5, 0.6) is 5.75 Å². The summed E-state index contributed by atoms with van der Waals surface area (Å²) in [5, 5.41) is 0. The van der Waals surface area contributed by atoms with Crippen LogP contribution in [0.1, 0.15) is 30.5 Å². The van der Waals surface area contributed by atoms with Crippen LogP contribution in [0.25, 0.3) is 0 Å². The van der Waals surface area contributed by atoms with Crippen LogP contribution in [0.2, 0.25) is 0 Å². The van der Waals surface area contributed by atoms with Crippen molar-refractivity contribution in [3.8, 4) is 5.75 Å². The molecule has 1 aromatic rings. The van der Waals surface area contributed by atoms with E-state index in [1.54, 1.807) is 7.11 Å². The number of aryl methyl sites for hydroxylation is 1. The number of rotatable bonds is 9. The molecule has 0 spiro atoms. The summed E-state index contributed by atoms with van der Waals surface area (Å²) in [5.41, 5.74) is 8.07. The summed E-state index contributed by atoms with van der Waals surface area (Å²) in [7, 11) is 1.69. The Bertz CT molecular complexity index is 366. The third kappa shape index (κ3) is 6.05. The van der Waals surface area contributed by atoms with Crippen molar-refractivity contribution in [2.45, 2.75) is 26.3 Å². The number of benzene rings is 1. The molecule has 0 heterocycles. The van der Waals surface area contributed by atoms with Crippen molar-refractivity contribution in [3.63, 3.8) is 0 Å². The lowest BCUT2D eigenvalue weighted by molar-refractivity contribution is 0.0805. The van der Waals surface area contributed by atoms with Crippen molar-refractivity contribution in [2.24, 2.45) is 5.73 Å². The maximum Gasteiger partial charge on any atom is 0.122 e. The quantitative estimate of drug-likeness (QED) is 0.698. The molecule has 0 radical (unpaired) electrons. The zero-order chi connectivity index (χ0) is 14.1. The van der Waals surface area contributed by atoms with Crippen LogP contribution in [0.15, 0.2) is 18.2 Å². The average molecular weight is 267 g/mol. The Morgan fingerprint density at radius 2 is 1.95 bits per heavy atom. The van der Waals surface area contributed by atoms with E-state index in [1.807, 2.05) is 26.0 Å². The van der Waals surface area contributed by atoms with Gasteiger partial charge in [0.05, 0.1) is 6.61 Å². The molecule has 0 saturated carbocycles. The van der Waals surface area contributed by atoms with Crippen molar-refractivity contribution in [1.29, 1.82) is 0 Å². The van der Waals surface area contributed by atoms with E-state index in [4.69, 9.17) is 19.9 Å². The highest BCUT2D eigenvalue weighted by Gasteiger charge is 2.04. The van der Waals surface area contributed by atoms with E-state index < -0.39 is 0 Å². The van der Waals surface area contributed by atoms with Crippen molar-refractivity contribution in [2.75, 3.05) is 33.5 Å². The van der Waals surface area contributed by atoms with E-state index in [0.717, 1.165) is 29.9 Å². The van der Waals surface area contributed by atoms with Crippen LogP contribution >= 0.6 is 0 Å². The Kier molecular flexibility index (Phi) is 7.48. The van der Waals surface area contributed by atoms with Gasteiger partial charge in [0.25, 0.3) is 0 Å². The SMILES string of the molecule is COCCCOCCOc1ccc(C(C)N)cc1C. The summed E-state index contributed by atoms with van der Waals surface area (Å²) < 4.78 is 16.1. The van der Waals surface area contributed by atoms with E-state index in [1.165, 1.54) is 0 Å². The number of hydrogen-bond acceptors (Lipinski definition) is 4. The Hall–Kier alpha value is -1.10. The standard InChI is InChI=1S/C15H25NO3/c1-12-11-14(13(2)16)5-6-15(12)19-10-9-18-8-4-7-17-3/h5-6,11,13H,4,7-10,16H2,1-3H3. The lowest BCUT2D eigenvalue weighted by Crippen LogP contribution is -2.10. The predicted molar refractivity (Wildman–Crippen MR) is 76.6 cm³/mol. The average Bonchev–Trinajstić information content (AvgIpc) is 2.39. The summed E-state index contributed by atoms with van der Waals surface area (Å²) in [4.78, 5) is 0. The van der Waals surface area contributed by atoms with Gasteiger partial charge in [0.15, 0.2) is 0 Å².